The van der Waals surface area contributed by atoms with Gasteiger partial charge in [0.15, 0.2) is 5.69 Å². The number of anilines is 1. The van der Waals surface area contributed by atoms with E-state index in [0.717, 1.165) is 0 Å². The van der Waals surface area contributed by atoms with Gasteiger partial charge in [-0.05, 0) is 31.2 Å². The summed E-state index contributed by atoms with van der Waals surface area (Å²) < 4.78 is 55.1. The van der Waals surface area contributed by atoms with Gasteiger partial charge in [0.1, 0.15) is 29.6 Å². The van der Waals surface area contributed by atoms with E-state index in [-0.39, 0.29) is 18.1 Å². The van der Waals surface area contributed by atoms with Gasteiger partial charge in [0, 0.05) is 17.7 Å². The number of alkyl halides is 3. The van der Waals surface area contributed by atoms with E-state index in [1.54, 1.807) is 24.4 Å². The molecule has 3 aromatic rings. The number of nitrogens with one attached hydrogen (secondary N) is 2. The number of hydrogen-bond donors (Lipinski definition) is 2. The molecule has 0 unspecified atom stereocenters. The molecule has 0 atom stereocenters. The van der Waals surface area contributed by atoms with E-state index in [4.69, 9.17) is 4.52 Å². The smallest absolute Gasteiger partial charge is 0.364 e. The fourth-order valence-electron chi connectivity index (χ4n) is 2.46. The van der Waals surface area contributed by atoms with Crippen molar-refractivity contribution in [1.29, 1.82) is 0 Å². The van der Waals surface area contributed by atoms with Crippen molar-refractivity contribution < 1.29 is 26.9 Å². The van der Waals surface area contributed by atoms with Crippen molar-refractivity contribution in [3.8, 4) is 11.3 Å². The minimum absolute atomic E-state index is 0.218. The molecule has 0 aliphatic heterocycles. The molecule has 0 saturated heterocycles. The van der Waals surface area contributed by atoms with Gasteiger partial charge in [0.2, 0.25) is 0 Å². The van der Waals surface area contributed by atoms with Gasteiger partial charge in [-0.3, -0.25) is 4.79 Å². The summed E-state index contributed by atoms with van der Waals surface area (Å²) in [5, 5.41) is 16.0. The molecule has 29 heavy (non-hydrogen) atoms. The van der Waals surface area contributed by atoms with Gasteiger partial charge in [-0.2, -0.15) is 13.2 Å². The number of carbonyl (C=O) groups is 1. The highest BCUT2D eigenvalue weighted by atomic mass is 19.4. The fraction of sp³-hybridized carbons (Fsp3) is 0.222. The summed E-state index contributed by atoms with van der Waals surface area (Å²) in [6.07, 6.45) is -4.51. The quantitative estimate of drug-likeness (QED) is 0.606. The van der Waals surface area contributed by atoms with Crippen LogP contribution in [0.5, 0.6) is 0 Å². The Hall–Kier alpha value is -3.50. The second-order valence-electron chi connectivity index (χ2n) is 6.03. The molecular formula is C18H15F4N5O2. The summed E-state index contributed by atoms with van der Waals surface area (Å²) in [7, 11) is 0. The van der Waals surface area contributed by atoms with Crippen LogP contribution in [0.1, 0.15) is 21.8 Å². The molecular weight excluding hydrogens is 394 g/mol. The molecule has 0 spiro atoms. The number of benzene rings is 1. The normalized spacial score (nSPS) is 11.3. The lowest BCUT2D eigenvalue weighted by molar-refractivity contribution is -0.123. The first-order valence-electron chi connectivity index (χ1n) is 8.36. The van der Waals surface area contributed by atoms with Crippen molar-refractivity contribution >= 4 is 11.7 Å². The fourth-order valence-corrected chi connectivity index (χ4v) is 2.46. The zero-order chi connectivity index (χ0) is 21.0. The summed E-state index contributed by atoms with van der Waals surface area (Å²) in [5.41, 5.74) is 1.43. The highest BCUT2D eigenvalue weighted by Crippen LogP contribution is 2.26. The van der Waals surface area contributed by atoms with Gasteiger partial charge in [-0.1, -0.05) is 17.3 Å². The van der Waals surface area contributed by atoms with Crippen LogP contribution in [-0.4, -0.2) is 34.0 Å². The maximum absolute atomic E-state index is 13.5. The average molecular weight is 409 g/mol. The van der Waals surface area contributed by atoms with E-state index < -0.39 is 24.4 Å². The minimum atomic E-state index is -4.51. The first-order valence-corrected chi connectivity index (χ1v) is 8.36. The van der Waals surface area contributed by atoms with Crippen LogP contribution in [0.2, 0.25) is 0 Å². The summed E-state index contributed by atoms with van der Waals surface area (Å²) >= 11 is 0. The Morgan fingerprint density at radius 3 is 2.62 bits per heavy atom. The molecule has 0 bridgehead atoms. The summed E-state index contributed by atoms with van der Waals surface area (Å²) in [6, 6.07) is 8.54. The number of halogens is 4. The number of carbonyl (C=O) groups excluding carboxylic acids is 1. The minimum Gasteiger partial charge on any atom is -0.364 e. The lowest BCUT2D eigenvalue weighted by Crippen LogP contribution is -2.34. The van der Waals surface area contributed by atoms with Crippen LogP contribution in [-0.2, 0) is 6.54 Å². The third kappa shape index (κ3) is 5.27. The topological polar surface area (TPSA) is 92.9 Å². The zero-order valence-corrected chi connectivity index (χ0v) is 15.0. The number of aryl methyl sites for hydroxylation is 1. The van der Waals surface area contributed by atoms with Gasteiger partial charge in [0.05, 0.1) is 0 Å². The highest BCUT2D eigenvalue weighted by molar-refractivity contribution is 5.92. The molecule has 2 N–H and O–H groups in total. The zero-order valence-electron chi connectivity index (χ0n) is 15.0. The van der Waals surface area contributed by atoms with Gasteiger partial charge in [0.25, 0.3) is 5.91 Å². The molecule has 2 heterocycles. The van der Waals surface area contributed by atoms with Gasteiger partial charge in [-0.25, -0.2) is 4.39 Å². The second-order valence-corrected chi connectivity index (χ2v) is 6.03. The monoisotopic (exact) mass is 409 g/mol. The van der Waals surface area contributed by atoms with Crippen molar-refractivity contribution in [1.82, 2.24) is 20.7 Å². The van der Waals surface area contributed by atoms with E-state index in [2.05, 4.69) is 20.7 Å². The number of hydrogen-bond acceptors (Lipinski definition) is 6. The molecule has 0 aliphatic carbocycles. The van der Waals surface area contributed by atoms with Crippen molar-refractivity contribution in [3.63, 3.8) is 0 Å². The van der Waals surface area contributed by atoms with Crippen LogP contribution in [0.4, 0.5) is 23.4 Å². The first kappa shape index (κ1) is 20.2. The van der Waals surface area contributed by atoms with E-state index in [1.807, 2.05) is 0 Å². The lowest BCUT2D eigenvalue weighted by Gasteiger charge is -2.08. The molecule has 0 aliphatic rings. The molecule has 1 aromatic carbocycles. The predicted molar refractivity (Wildman–Crippen MR) is 94.4 cm³/mol. The second kappa shape index (κ2) is 8.25. The Morgan fingerprint density at radius 2 is 1.97 bits per heavy atom. The van der Waals surface area contributed by atoms with Gasteiger partial charge in [-0.15, -0.1) is 10.2 Å². The predicted octanol–water partition coefficient (Wildman–Crippen LogP) is 3.48. The van der Waals surface area contributed by atoms with Crippen LogP contribution in [0.15, 0.2) is 40.9 Å². The van der Waals surface area contributed by atoms with E-state index in [1.165, 1.54) is 24.3 Å². The Kier molecular flexibility index (Phi) is 5.76. The maximum Gasteiger partial charge on any atom is 0.405 e. The Balaban J connectivity index is 1.67. The Bertz CT molecular complexity index is 1000. The third-order valence-corrected chi connectivity index (χ3v) is 3.88. The molecule has 3 rings (SSSR count). The van der Waals surface area contributed by atoms with Crippen molar-refractivity contribution in [2.75, 3.05) is 11.9 Å². The van der Waals surface area contributed by atoms with E-state index in [9.17, 15) is 22.4 Å². The molecule has 0 saturated carbocycles. The van der Waals surface area contributed by atoms with Crippen LogP contribution < -0.4 is 10.6 Å². The van der Waals surface area contributed by atoms with Crippen molar-refractivity contribution in [3.05, 3.63) is 59.2 Å². The van der Waals surface area contributed by atoms with E-state index >= 15 is 0 Å². The largest absolute Gasteiger partial charge is 0.405 e. The Morgan fingerprint density at radius 1 is 1.17 bits per heavy atom. The first-order chi connectivity index (χ1) is 13.7. The van der Waals surface area contributed by atoms with Crippen molar-refractivity contribution in [2.45, 2.75) is 19.6 Å². The maximum atomic E-state index is 13.5. The SMILES string of the molecule is Cc1onc(-c2cccc(F)c2)c1CNc1ccc(C(=O)NCC(F)(F)F)nn1. The molecule has 1 amide bonds. The van der Waals surface area contributed by atoms with Crippen LogP contribution in [0.3, 0.4) is 0 Å². The number of nitrogens with zero attached hydrogens (tertiary/aromatic N) is 3. The van der Waals surface area contributed by atoms with Gasteiger partial charge >= 0.3 is 6.18 Å². The molecule has 0 fully saturated rings. The molecule has 7 nitrogen and oxygen atoms in total. The van der Waals surface area contributed by atoms with Gasteiger partial charge < -0.3 is 15.2 Å². The third-order valence-electron chi connectivity index (χ3n) is 3.88. The van der Waals surface area contributed by atoms with Crippen molar-refractivity contribution in [2.24, 2.45) is 0 Å². The average Bonchev–Trinajstić information content (AvgIpc) is 3.05. The number of aromatic nitrogens is 3. The lowest BCUT2D eigenvalue weighted by atomic mass is 10.1. The summed E-state index contributed by atoms with van der Waals surface area (Å²) in [5.74, 6) is -0.590. The molecule has 152 valence electrons. The molecule has 0 radical (unpaired) electrons. The standard InChI is InChI=1S/C18H15F4N5O2/c1-10-13(16(27-29-10)11-3-2-4-12(19)7-11)8-23-15-6-5-14(25-26-15)17(28)24-9-18(20,21)22/h2-7H,8-9H2,1H3,(H,23,26)(H,24,28). The number of rotatable bonds is 6. The molecule has 11 heteroatoms. The van der Waals surface area contributed by atoms with Crippen LogP contribution >= 0.6 is 0 Å². The van der Waals surface area contributed by atoms with E-state index in [0.29, 0.717) is 22.6 Å². The summed E-state index contributed by atoms with van der Waals surface area (Å²) in [6.45, 7) is 0.463. The molecule has 2 aromatic heterocycles. The summed E-state index contributed by atoms with van der Waals surface area (Å²) in [4.78, 5) is 11.6. The highest BCUT2D eigenvalue weighted by Gasteiger charge is 2.28. The number of amides is 1. The van der Waals surface area contributed by atoms with Crippen LogP contribution in [0.25, 0.3) is 11.3 Å². The van der Waals surface area contributed by atoms with Crippen LogP contribution in [0, 0.1) is 12.7 Å². The Labute approximate surface area is 162 Å².